The summed E-state index contributed by atoms with van der Waals surface area (Å²) in [5.74, 6) is -4.85. The molecule has 3 N–H and O–H groups in total. The number of rotatable bonds is 5. The minimum Gasteiger partial charge on any atom is -0.394 e. The van der Waals surface area contributed by atoms with E-state index in [9.17, 15) is 41.7 Å². The van der Waals surface area contributed by atoms with Gasteiger partial charge in [0, 0.05) is 16.8 Å². The maximum absolute atomic E-state index is 13.9. The number of nitrogens with zero attached hydrogens (tertiary/aromatic N) is 5. The summed E-state index contributed by atoms with van der Waals surface area (Å²) in [5.41, 5.74) is -1.40. The number of ether oxygens (including phenoxy) is 1. The lowest BCUT2D eigenvalue weighted by Crippen LogP contribution is -2.53. The molecule has 1 aliphatic heterocycles. The molecule has 2 unspecified atom stereocenters. The fourth-order valence-corrected chi connectivity index (χ4v) is 5.14. The molecule has 2 aromatic carbocycles. The van der Waals surface area contributed by atoms with E-state index in [2.05, 4.69) is 15.2 Å². The standard InChI is InChI=1S/C26H22ClF6N5O4/c1-10-14(12-5-16(28)20(30)17(29)6-12)8-37(35-10)21-22(40)19(9-39)42-24(23(21)41)25-34-11(2)36-38(25)18-7-13(27)3-4-15(18)26(31,32)33/h3-8,19,21-24,39-41H,9H2,1-2H3/t19?,21-,22-,23?,24+/m0/s1. The summed E-state index contributed by atoms with van der Waals surface area (Å²) in [6.07, 6.45) is -9.91. The van der Waals surface area contributed by atoms with Crippen molar-refractivity contribution in [2.45, 2.75) is 50.5 Å². The van der Waals surface area contributed by atoms with Gasteiger partial charge in [-0.1, -0.05) is 11.6 Å². The molecule has 1 aliphatic rings. The number of aliphatic hydroxyl groups is 3. The Morgan fingerprint density at radius 1 is 1.00 bits per heavy atom. The SMILES string of the molecule is Cc1nc([C@@H]2OC(CO)[C@H](O)[C@H](n3cc(-c4cc(F)c(F)c(F)c4)c(C)n3)C2O)n(-c2cc(Cl)ccc2C(F)(F)F)n1. The Morgan fingerprint density at radius 2 is 1.67 bits per heavy atom. The molecule has 0 aliphatic carbocycles. The molecule has 1 fully saturated rings. The summed E-state index contributed by atoms with van der Waals surface area (Å²) in [6.45, 7) is 2.08. The van der Waals surface area contributed by atoms with E-state index in [0.717, 1.165) is 39.7 Å². The van der Waals surface area contributed by atoms with Crippen molar-refractivity contribution in [2.24, 2.45) is 0 Å². The van der Waals surface area contributed by atoms with Crippen molar-refractivity contribution in [1.82, 2.24) is 24.5 Å². The van der Waals surface area contributed by atoms with E-state index >= 15 is 0 Å². The quantitative estimate of drug-likeness (QED) is 0.227. The van der Waals surface area contributed by atoms with E-state index in [4.69, 9.17) is 16.3 Å². The molecule has 0 radical (unpaired) electrons. The van der Waals surface area contributed by atoms with Crippen LogP contribution in [0.5, 0.6) is 0 Å². The molecular formula is C26H22ClF6N5O4. The van der Waals surface area contributed by atoms with Crippen molar-refractivity contribution >= 4 is 11.6 Å². The molecule has 0 spiro atoms. The number of hydrogen-bond donors (Lipinski definition) is 3. The zero-order valence-corrected chi connectivity index (χ0v) is 22.4. The average Bonchev–Trinajstić information content (AvgIpc) is 3.48. The normalized spacial score (nSPS) is 23.0. The van der Waals surface area contributed by atoms with Crippen LogP contribution in [0.2, 0.25) is 5.02 Å². The van der Waals surface area contributed by atoms with Gasteiger partial charge in [-0.15, -0.1) is 0 Å². The van der Waals surface area contributed by atoms with E-state index < -0.39 is 71.9 Å². The Morgan fingerprint density at radius 3 is 2.29 bits per heavy atom. The Labute approximate surface area is 238 Å². The van der Waals surface area contributed by atoms with Gasteiger partial charge in [0.15, 0.2) is 23.3 Å². The molecule has 16 heteroatoms. The monoisotopic (exact) mass is 617 g/mol. The summed E-state index contributed by atoms with van der Waals surface area (Å²) in [4.78, 5) is 4.18. The Hall–Kier alpha value is -3.50. The lowest BCUT2D eigenvalue weighted by Gasteiger charge is -2.42. The zero-order valence-electron chi connectivity index (χ0n) is 21.7. The van der Waals surface area contributed by atoms with Gasteiger partial charge in [-0.3, -0.25) is 4.68 Å². The van der Waals surface area contributed by atoms with Crippen LogP contribution >= 0.6 is 11.6 Å². The molecule has 2 aromatic heterocycles. The maximum Gasteiger partial charge on any atom is 0.418 e. The summed E-state index contributed by atoms with van der Waals surface area (Å²) in [5, 5.41) is 40.7. The first-order valence-corrected chi connectivity index (χ1v) is 12.7. The van der Waals surface area contributed by atoms with Gasteiger partial charge >= 0.3 is 6.18 Å². The van der Waals surface area contributed by atoms with Gasteiger partial charge in [0.05, 0.1) is 23.6 Å². The predicted octanol–water partition coefficient (Wildman–Crippen LogP) is 4.23. The van der Waals surface area contributed by atoms with Crippen LogP contribution in [0.25, 0.3) is 16.8 Å². The van der Waals surface area contributed by atoms with Gasteiger partial charge in [0.2, 0.25) is 0 Å². The van der Waals surface area contributed by atoms with Crippen LogP contribution in [-0.4, -0.2) is 64.8 Å². The summed E-state index contributed by atoms with van der Waals surface area (Å²) >= 11 is 6.00. The van der Waals surface area contributed by atoms with Crippen molar-refractivity contribution in [3.05, 3.63) is 81.9 Å². The van der Waals surface area contributed by atoms with Gasteiger partial charge in [-0.2, -0.15) is 23.4 Å². The van der Waals surface area contributed by atoms with Crippen LogP contribution in [0.1, 0.15) is 35.1 Å². The molecule has 3 heterocycles. The molecule has 0 bridgehead atoms. The highest BCUT2D eigenvalue weighted by molar-refractivity contribution is 6.30. The topological polar surface area (TPSA) is 118 Å². The van der Waals surface area contributed by atoms with Crippen molar-refractivity contribution < 1.29 is 46.4 Å². The first-order chi connectivity index (χ1) is 19.7. The number of halogens is 7. The van der Waals surface area contributed by atoms with E-state index in [1.807, 2.05) is 0 Å². The fraction of sp³-hybridized carbons (Fsp3) is 0.346. The molecule has 4 aromatic rings. The third-order valence-electron chi connectivity index (χ3n) is 6.90. The number of hydrogen-bond acceptors (Lipinski definition) is 7. The zero-order chi connectivity index (χ0) is 30.7. The predicted molar refractivity (Wildman–Crippen MR) is 134 cm³/mol. The van der Waals surface area contributed by atoms with Crippen LogP contribution in [0.4, 0.5) is 26.3 Å². The highest BCUT2D eigenvalue weighted by Crippen LogP contribution is 2.41. The minimum absolute atomic E-state index is 0.00898. The van der Waals surface area contributed by atoms with Crippen molar-refractivity contribution in [2.75, 3.05) is 6.61 Å². The molecule has 5 atom stereocenters. The Balaban J connectivity index is 1.61. The maximum atomic E-state index is 13.9. The second-order valence-electron chi connectivity index (χ2n) is 9.70. The van der Waals surface area contributed by atoms with E-state index in [1.54, 1.807) is 0 Å². The second-order valence-corrected chi connectivity index (χ2v) is 10.1. The van der Waals surface area contributed by atoms with Crippen LogP contribution in [-0.2, 0) is 10.9 Å². The average molecular weight is 618 g/mol. The number of benzene rings is 2. The molecule has 0 saturated carbocycles. The lowest BCUT2D eigenvalue weighted by atomic mass is 9.92. The Kier molecular flexibility index (Phi) is 7.83. The number of aliphatic hydroxyl groups excluding tert-OH is 3. The third-order valence-corrected chi connectivity index (χ3v) is 7.13. The Bertz CT molecular complexity index is 1620. The smallest absolute Gasteiger partial charge is 0.394 e. The lowest BCUT2D eigenvalue weighted by molar-refractivity contribution is -0.210. The van der Waals surface area contributed by atoms with Crippen molar-refractivity contribution in [3.8, 4) is 16.8 Å². The third kappa shape index (κ3) is 5.26. The summed E-state index contributed by atoms with van der Waals surface area (Å²) in [6, 6.07) is 2.91. The van der Waals surface area contributed by atoms with Gasteiger partial charge in [0.1, 0.15) is 36.3 Å². The number of aryl methyl sites for hydroxylation is 2. The van der Waals surface area contributed by atoms with Crippen LogP contribution in [0.15, 0.2) is 36.5 Å². The highest BCUT2D eigenvalue weighted by atomic mass is 35.5. The van der Waals surface area contributed by atoms with E-state index in [0.29, 0.717) is 0 Å². The molecule has 0 amide bonds. The first-order valence-electron chi connectivity index (χ1n) is 12.3. The van der Waals surface area contributed by atoms with Crippen molar-refractivity contribution in [1.29, 1.82) is 0 Å². The largest absolute Gasteiger partial charge is 0.418 e. The van der Waals surface area contributed by atoms with Gasteiger partial charge < -0.3 is 20.1 Å². The number of alkyl halides is 3. The van der Waals surface area contributed by atoms with Gasteiger partial charge in [0.25, 0.3) is 0 Å². The van der Waals surface area contributed by atoms with E-state index in [-0.39, 0.29) is 33.5 Å². The molecule has 224 valence electrons. The highest BCUT2D eigenvalue weighted by Gasteiger charge is 2.49. The molecule has 5 rings (SSSR count). The van der Waals surface area contributed by atoms with Crippen LogP contribution in [0, 0.1) is 31.3 Å². The molecule has 1 saturated heterocycles. The number of aromatic nitrogens is 5. The van der Waals surface area contributed by atoms with Crippen LogP contribution in [0.3, 0.4) is 0 Å². The van der Waals surface area contributed by atoms with Crippen molar-refractivity contribution in [3.63, 3.8) is 0 Å². The molecular weight excluding hydrogens is 596 g/mol. The minimum atomic E-state index is -4.82. The first kappa shape index (κ1) is 30.0. The van der Waals surface area contributed by atoms with Crippen LogP contribution < -0.4 is 0 Å². The molecule has 9 nitrogen and oxygen atoms in total. The van der Waals surface area contributed by atoms with E-state index in [1.165, 1.54) is 20.0 Å². The fourth-order valence-electron chi connectivity index (χ4n) is 4.97. The van der Waals surface area contributed by atoms with Gasteiger partial charge in [-0.25, -0.2) is 22.8 Å². The molecule has 42 heavy (non-hydrogen) atoms. The summed E-state index contributed by atoms with van der Waals surface area (Å²) in [7, 11) is 0. The van der Waals surface area contributed by atoms with Gasteiger partial charge in [-0.05, 0) is 49.7 Å². The summed E-state index contributed by atoms with van der Waals surface area (Å²) < 4.78 is 90.7. The second kappa shape index (κ2) is 11.0.